The third-order valence-corrected chi connectivity index (χ3v) is 2.54. The van der Waals surface area contributed by atoms with E-state index in [1.807, 2.05) is 19.1 Å². The highest BCUT2D eigenvalue weighted by atomic mass is 32.1. The molecule has 0 aliphatic heterocycles. The van der Waals surface area contributed by atoms with E-state index in [1.165, 1.54) is 18.4 Å². The molecule has 3 nitrogen and oxygen atoms in total. The van der Waals surface area contributed by atoms with Crippen molar-refractivity contribution in [2.24, 2.45) is 0 Å². The van der Waals surface area contributed by atoms with Crippen LogP contribution in [0.2, 0.25) is 0 Å². The van der Waals surface area contributed by atoms with Crippen LogP contribution in [-0.4, -0.2) is 19.7 Å². The summed E-state index contributed by atoms with van der Waals surface area (Å²) in [6.45, 7) is 2.56. The summed E-state index contributed by atoms with van der Waals surface area (Å²) in [5.41, 5.74) is 0. The first kappa shape index (κ1) is 10.8. The normalized spacial score (nSPS) is 10.4. The molecule has 76 valence electrons. The van der Waals surface area contributed by atoms with Gasteiger partial charge in [-0.1, -0.05) is 0 Å². The molecule has 0 N–H and O–H groups in total. The second-order valence-electron chi connectivity index (χ2n) is 2.45. The van der Waals surface area contributed by atoms with E-state index >= 15 is 0 Å². The molecule has 0 aliphatic carbocycles. The van der Waals surface area contributed by atoms with Gasteiger partial charge in [0.25, 0.3) is 0 Å². The van der Waals surface area contributed by atoms with Gasteiger partial charge in [0, 0.05) is 4.88 Å². The van der Waals surface area contributed by atoms with Gasteiger partial charge < -0.3 is 9.47 Å². The molecule has 1 rings (SSSR count). The van der Waals surface area contributed by atoms with Gasteiger partial charge in [-0.2, -0.15) is 0 Å². The SMILES string of the molecule is CCO/C=C/c1ccc(C(=O)OC)s1. The highest BCUT2D eigenvalue weighted by Gasteiger charge is 2.06. The maximum absolute atomic E-state index is 11.1. The van der Waals surface area contributed by atoms with Gasteiger partial charge in [0.15, 0.2) is 0 Å². The molecule has 1 aromatic heterocycles. The predicted octanol–water partition coefficient (Wildman–Crippen LogP) is 2.54. The lowest BCUT2D eigenvalue weighted by molar-refractivity contribution is 0.0606. The van der Waals surface area contributed by atoms with Crippen LogP contribution in [-0.2, 0) is 9.47 Å². The van der Waals surface area contributed by atoms with Crippen LogP contribution in [0.1, 0.15) is 21.5 Å². The predicted molar refractivity (Wildman–Crippen MR) is 56.3 cm³/mol. The third kappa shape index (κ3) is 2.88. The smallest absolute Gasteiger partial charge is 0.348 e. The molecule has 0 amide bonds. The summed E-state index contributed by atoms with van der Waals surface area (Å²) in [6, 6.07) is 3.59. The Morgan fingerprint density at radius 2 is 2.36 bits per heavy atom. The molecular formula is C10H12O3S. The Balaban J connectivity index is 2.63. The van der Waals surface area contributed by atoms with Gasteiger partial charge in [-0.05, 0) is 25.1 Å². The molecule has 0 radical (unpaired) electrons. The van der Waals surface area contributed by atoms with Crippen molar-refractivity contribution in [3.05, 3.63) is 28.1 Å². The number of esters is 1. The van der Waals surface area contributed by atoms with E-state index in [0.717, 1.165) is 4.88 Å². The molecule has 4 heteroatoms. The molecule has 0 aromatic carbocycles. The van der Waals surface area contributed by atoms with Crippen molar-refractivity contribution in [2.45, 2.75) is 6.92 Å². The molecule has 0 bridgehead atoms. The first-order valence-electron chi connectivity index (χ1n) is 4.24. The fourth-order valence-corrected chi connectivity index (χ4v) is 1.68. The first-order valence-corrected chi connectivity index (χ1v) is 5.06. The Bertz CT molecular complexity index is 328. The minimum Gasteiger partial charge on any atom is -0.501 e. The average Bonchev–Trinajstić information content (AvgIpc) is 2.66. The van der Waals surface area contributed by atoms with Gasteiger partial charge in [0.1, 0.15) is 4.88 Å². The lowest BCUT2D eigenvalue weighted by atomic mass is 10.4. The summed E-state index contributed by atoms with van der Waals surface area (Å²) in [5, 5.41) is 0. The second-order valence-corrected chi connectivity index (χ2v) is 3.57. The van der Waals surface area contributed by atoms with E-state index in [0.29, 0.717) is 11.5 Å². The highest BCUT2D eigenvalue weighted by Crippen LogP contribution is 2.18. The molecule has 14 heavy (non-hydrogen) atoms. The van der Waals surface area contributed by atoms with Crippen LogP contribution in [0, 0.1) is 0 Å². The average molecular weight is 212 g/mol. The van der Waals surface area contributed by atoms with Crippen molar-refractivity contribution in [3.63, 3.8) is 0 Å². The monoisotopic (exact) mass is 212 g/mol. The largest absolute Gasteiger partial charge is 0.501 e. The fourth-order valence-electron chi connectivity index (χ4n) is 0.864. The van der Waals surface area contributed by atoms with Gasteiger partial charge in [-0.3, -0.25) is 0 Å². The Morgan fingerprint density at radius 1 is 1.57 bits per heavy atom. The highest BCUT2D eigenvalue weighted by molar-refractivity contribution is 7.14. The van der Waals surface area contributed by atoms with Gasteiger partial charge in [-0.25, -0.2) is 4.79 Å². The minimum absolute atomic E-state index is 0.300. The molecule has 0 unspecified atom stereocenters. The van der Waals surface area contributed by atoms with Crippen LogP contribution in [0.25, 0.3) is 6.08 Å². The number of methoxy groups -OCH3 is 1. The molecular weight excluding hydrogens is 200 g/mol. The lowest BCUT2D eigenvalue weighted by Crippen LogP contribution is -1.96. The molecule has 1 aromatic rings. The van der Waals surface area contributed by atoms with E-state index in [-0.39, 0.29) is 5.97 Å². The summed E-state index contributed by atoms with van der Waals surface area (Å²) in [6.07, 6.45) is 3.44. The van der Waals surface area contributed by atoms with Crippen LogP contribution in [0.3, 0.4) is 0 Å². The lowest BCUT2D eigenvalue weighted by Gasteiger charge is -1.92. The van der Waals surface area contributed by atoms with Gasteiger partial charge in [-0.15, -0.1) is 11.3 Å². The first-order chi connectivity index (χ1) is 6.77. The summed E-state index contributed by atoms with van der Waals surface area (Å²) < 4.78 is 9.63. The maximum Gasteiger partial charge on any atom is 0.348 e. The zero-order chi connectivity index (χ0) is 10.4. The molecule has 0 saturated carbocycles. The quantitative estimate of drug-likeness (QED) is 0.568. The number of carbonyl (C=O) groups excluding carboxylic acids is 1. The van der Waals surface area contributed by atoms with Crippen molar-refractivity contribution >= 4 is 23.4 Å². The Hall–Kier alpha value is -1.29. The van der Waals surface area contributed by atoms with Gasteiger partial charge in [0.05, 0.1) is 20.0 Å². The molecule has 0 atom stereocenters. The summed E-state index contributed by atoms with van der Waals surface area (Å²) >= 11 is 1.37. The minimum atomic E-state index is -0.300. The Morgan fingerprint density at radius 3 is 3.00 bits per heavy atom. The third-order valence-electron chi connectivity index (χ3n) is 1.51. The molecule has 0 saturated heterocycles. The van der Waals surface area contributed by atoms with E-state index in [4.69, 9.17) is 4.74 Å². The number of hydrogen-bond donors (Lipinski definition) is 0. The summed E-state index contributed by atoms with van der Waals surface area (Å²) in [5.74, 6) is -0.300. The van der Waals surface area contributed by atoms with E-state index in [1.54, 1.807) is 12.3 Å². The Kier molecular flexibility index (Phi) is 4.19. The number of hydrogen-bond acceptors (Lipinski definition) is 4. The van der Waals surface area contributed by atoms with Crippen molar-refractivity contribution in [1.29, 1.82) is 0 Å². The molecule has 0 aliphatic rings. The van der Waals surface area contributed by atoms with Crippen LogP contribution < -0.4 is 0 Å². The van der Waals surface area contributed by atoms with Gasteiger partial charge in [0.2, 0.25) is 0 Å². The van der Waals surface area contributed by atoms with E-state index in [2.05, 4.69) is 4.74 Å². The van der Waals surface area contributed by atoms with Crippen molar-refractivity contribution in [3.8, 4) is 0 Å². The number of carbonyl (C=O) groups is 1. The second kappa shape index (κ2) is 5.44. The maximum atomic E-state index is 11.1. The zero-order valence-electron chi connectivity index (χ0n) is 8.15. The standard InChI is InChI=1S/C10H12O3S/c1-3-13-7-6-8-4-5-9(14-8)10(11)12-2/h4-7H,3H2,1-2H3/b7-6+. The van der Waals surface area contributed by atoms with Crippen LogP contribution in [0.4, 0.5) is 0 Å². The van der Waals surface area contributed by atoms with Crippen molar-refractivity contribution in [2.75, 3.05) is 13.7 Å². The van der Waals surface area contributed by atoms with E-state index < -0.39 is 0 Å². The summed E-state index contributed by atoms with van der Waals surface area (Å²) in [4.78, 5) is 12.7. The number of rotatable bonds is 4. The van der Waals surface area contributed by atoms with Crippen LogP contribution in [0.15, 0.2) is 18.4 Å². The van der Waals surface area contributed by atoms with Crippen molar-refractivity contribution < 1.29 is 14.3 Å². The fraction of sp³-hybridized carbons (Fsp3) is 0.300. The number of thiophene rings is 1. The molecule has 0 spiro atoms. The number of ether oxygens (including phenoxy) is 2. The zero-order valence-corrected chi connectivity index (χ0v) is 8.97. The van der Waals surface area contributed by atoms with Crippen LogP contribution >= 0.6 is 11.3 Å². The molecule has 1 heterocycles. The van der Waals surface area contributed by atoms with Gasteiger partial charge >= 0.3 is 5.97 Å². The Labute approximate surface area is 87.0 Å². The topological polar surface area (TPSA) is 35.5 Å². The van der Waals surface area contributed by atoms with Crippen molar-refractivity contribution in [1.82, 2.24) is 0 Å². The van der Waals surface area contributed by atoms with E-state index in [9.17, 15) is 4.79 Å². The summed E-state index contributed by atoms with van der Waals surface area (Å²) in [7, 11) is 1.37. The molecule has 0 fully saturated rings. The van der Waals surface area contributed by atoms with Crippen LogP contribution in [0.5, 0.6) is 0 Å².